The third-order valence-corrected chi connectivity index (χ3v) is 7.35. The SMILES string of the molecule is CCc1c(F)ccc2cc(O)cc(-c3ncc4c(N5CCOCC(O)(C#CSI)C5)nc(OC)nc4c3F)c12. The summed E-state index contributed by atoms with van der Waals surface area (Å²) in [4.78, 5) is 14.9. The Balaban J connectivity index is 1.73. The fraction of sp³-hybridized carbons (Fsp3) is 0.296. The monoisotopic (exact) mass is 664 g/mol. The molecule has 2 aromatic carbocycles. The smallest absolute Gasteiger partial charge is 0.318 e. The van der Waals surface area contributed by atoms with Crippen LogP contribution in [0.5, 0.6) is 11.8 Å². The van der Waals surface area contributed by atoms with Gasteiger partial charge in [0, 0.05) is 39.5 Å². The zero-order valence-corrected chi connectivity index (χ0v) is 23.9. The van der Waals surface area contributed by atoms with Crippen molar-refractivity contribution in [3.8, 4) is 34.2 Å². The lowest BCUT2D eigenvalue weighted by Gasteiger charge is -2.28. The van der Waals surface area contributed by atoms with E-state index in [0.717, 1.165) is 0 Å². The summed E-state index contributed by atoms with van der Waals surface area (Å²) >= 11 is 2.02. The van der Waals surface area contributed by atoms with Gasteiger partial charge in [0.2, 0.25) is 0 Å². The second kappa shape index (κ2) is 11.2. The number of rotatable bonds is 4. The number of phenols is 1. The Bertz CT molecular complexity index is 1650. The second-order valence-electron chi connectivity index (χ2n) is 9.00. The van der Waals surface area contributed by atoms with Gasteiger partial charge < -0.3 is 24.6 Å². The molecular weight excluding hydrogens is 641 g/mol. The van der Waals surface area contributed by atoms with E-state index in [4.69, 9.17) is 9.47 Å². The molecule has 1 aliphatic rings. The Hall–Kier alpha value is -2.99. The van der Waals surface area contributed by atoms with Crippen LogP contribution in [-0.4, -0.2) is 64.2 Å². The summed E-state index contributed by atoms with van der Waals surface area (Å²) in [5.74, 6) is 1.80. The number of pyridine rings is 1. The molecule has 0 aliphatic carbocycles. The van der Waals surface area contributed by atoms with E-state index in [9.17, 15) is 14.6 Å². The van der Waals surface area contributed by atoms with Gasteiger partial charge in [0.25, 0.3) is 0 Å². The van der Waals surface area contributed by atoms with E-state index in [1.54, 1.807) is 11.8 Å². The quantitative estimate of drug-likeness (QED) is 0.231. The fourth-order valence-electron chi connectivity index (χ4n) is 4.80. The number of hydrogen-bond acceptors (Lipinski definition) is 9. The fourth-order valence-corrected chi connectivity index (χ4v) is 5.36. The molecule has 1 saturated heterocycles. The maximum atomic E-state index is 16.3. The van der Waals surface area contributed by atoms with Gasteiger partial charge in [-0.05, 0) is 55.1 Å². The van der Waals surface area contributed by atoms with E-state index in [1.807, 2.05) is 21.2 Å². The van der Waals surface area contributed by atoms with E-state index >= 15 is 4.39 Å². The number of aromatic hydroxyl groups is 1. The summed E-state index contributed by atoms with van der Waals surface area (Å²) in [6.45, 7) is 2.48. The number of halogens is 3. The largest absolute Gasteiger partial charge is 0.508 e. The number of ether oxygens (including phenoxy) is 2. The number of aliphatic hydroxyl groups is 1. The van der Waals surface area contributed by atoms with Gasteiger partial charge in [-0.2, -0.15) is 9.97 Å². The van der Waals surface area contributed by atoms with Crippen molar-refractivity contribution in [3.05, 3.63) is 47.7 Å². The minimum Gasteiger partial charge on any atom is -0.508 e. The second-order valence-corrected chi connectivity index (χ2v) is 10.7. The summed E-state index contributed by atoms with van der Waals surface area (Å²) in [5.41, 5.74) is -1.03. The van der Waals surface area contributed by atoms with Gasteiger partial charge in [-0.15, -0.1) is 0 Å². The average Bonchev–Trinajstić information content (AvgIpc) is 3.13. The molecular formula is C27H23F2IN4O4S. The highest BCUT2D eigenvalue weighted by molar-refractivity contribution is 14.2. The Morgan fingerprint density at radius 2 is 2.10 bits per heavy atom. The van der Waals surface area contributed by atoms with Gasteiger partial charge in [0.15, 0.2) is 11.4 Å². The molecule has 12 heteroatoms. The van der Waals surface area contributed by atoms with Crippen LogP contribution in [-0.2, 0) is 11.2 Å². The van der Waals surface area contributed by atoms with Crippen molar-refractivity contribution in [2.75, 3.05) is 38.3 Å². The molecule has 2 aromatic heterocycles. The van der Waals surface area contributed by atoms with Crippen molar-refractivity contribution in [1.29, 1.82) is 0 Å². The highest BCUT2D eigenvalue weighted by Gasteiger charge is 2.33. The van der Waals surface area contributed by atoms with Crippen LogP contribution in [0.25, 0.3) is 32.9 Å². The minimum absolute atomic E-state index is 0.00546. The number of methoxy groups -OCH3 is 1. The number of β-amino-alcohol motifs (C(OH)–C–C–N with tert-alkyl or cyclic N) is 1. The predicted octanol–water partition coefficient (Wildman–Crippen LogP) is 5.01. The summed E-state index contributed by atoms with van der Waals surface area (Å²) in [5, 5.41) is 25.6. The Kier molecular flexibility index (Phi) is 7.95. The van der Waals surface area contributed by atoms with Gasteiger partial charge in [-0.1, -0.05) is 18.9 Å². The molecule has 1 atom stereocenters. The zero-order chi connectivity index (χ0) is 27.7. The van der Waals surface area contributed by atoms with Crippen LogP contribution in [0, 0.1) is 22.8 Å². The minimum atomic E-state index is -1.48. The van der Waals surface area contributed by atoms with Crippen molar-refractivity contribution in [2.45, 2.75) is 18.9 Å². The van der Waals surface area contributed by atoms with Crippen molar-refractivity contribution >= 4 is 57.6 Å². The van der Waals surface area contributed by atoms with Crippen LogP contribution < -0.4 is 9.64 Å². The molecule has 0 bridgehead atoms. The van der Waals surface area contributed by atoms with E-state index in [0.29, 0.717) is 35.1 Å². The maximum absolute atomic E-state index is 16.3. The van der Waals surface area contributed by atoms with Gasteiger partial charge >= 0.3 is 6.01 Å². The number of aryl methyl sites for hydroxylation is 1. The molecule has 5 rings (SSSR count). The topological polar surface area (TPSA) is 101 Å². The lowest BCUT2D eigenvalue weighted by atomic mass is 9.94. The number of hydrogen-bond donors (Lipinski definition) is 2. The summed E-state index contributed by atoms with van der Waals surface area (Å²) in [6, 6.07) is 5.65. The van der Waals surface area contributed by atoms with Gasteiger partial charge in [0.1, 0.15) is 28.6 Å². The first kappa shape index (κ1) is 27.6. The van der Waals surface area contributed by atoms with E-state index in [2.05, 4.69) is 26.1 Å². The molecule has 4 aromatic rings. The van der Waals surface area contributed by atoms with E-state index < -0.39 is 17.2 Å². The number of benzene rings is 2. The standard InChI is InChI=1S/C27H23F2IN4O4S/c1-3-17-20(28)5-4-15-10-16(35)11-18(21(15)17)23-22(29)24-19(12-31-23)25(33-26(32-24)37-2)34-7-8-38-14-27(36,13-34)6-9-39-30/h4-5,10-12,35-36H,3,7-8,13-14H2,1-2H3. The molecule has 0 radical (unpaired) electrons. The molecule has 1 unspecified atom stereocenters. The van der Waals surface area contributed by atoms with Crippen LogP contribution in [0.4, 0.5) is 14.6 Å². The van der Waals surface area contributed by atoms with Crippen LogP contribution in [0.1, 0.15) is 12.5 Å². The first-order valence-electron chi connectivity index (χ1n) is 12.0. The van der Waals surface area contributed by atoms with Crippen LogP contribution in [0.3, 0.4) is 0 Å². The van der Waals surface area contributed by atoms with E-state index in [1.165, 1.54) is 46.5 Å². The van der Waals surface area contributed by atoms with Crippen molar-refractivity contribution in [3.63, 3.8) is 0 Å². The molecule has 39 heavy (non-hydrogen) atoms. The lowest BCUT2D eigenvalue weighted by molar-refractivity contribution is 0.0153. The lowest BCUT2D eigenvalue weighted by Crippen LogP contribution is -2.43. The van der Waals surface area contributed by atoms with Crippen LogP contribution in [0.15, 0.2) is 30.5 Å². The first-order valence-corrected chi connectivity index (χ1v) is 15.3. The van der Waals surface area contributed by atoms with Crippen molar-refractivity contribution in [1.82, 2.24) is 15.0 Å². The van der Waals surface area contributed by atoms with Gasteiger partial charge in [-0.25, -0.2) is 8.78 Å². The van der Waals surface area contributed by atoms with E-state index in [-0.39, 0.29) is 53.7 Å². The number of nitrogens with zero attached hydrogens (tertiary/aromatic N) is 4. The normalized spacial score (nSPS) is 17.6. The number of fused-ring (bicyclic) bond motifs is 2. The number of phenolic OH excluding ortho intramolecular Hbond substituents is 1. The zero-order valence-electron chi connectivity index (χ0n) is 21.0. The summed E-state index contributed by atoms with van der Waals surface area (Å²) < 4.78 is 41.9. The first-order chi connectivity index (χ1) is 18.8. The summed E-state index contributed by atoms with van der Waals surface area (Å²) in [7, 11) is 2.61. The van der Waals surface area contributed by atoms with Crippen molar-refractivity contribution < 1.29 is 28.5 Å². The molecule has 8 nitrogen and oxygen atoms in total. The molecule has 202 valence electrons. The van der Waals surface area contributed by atoms with Gasteiger partial charge in [0.05, 0.1) is 32.3 Å². The molecule has 1 aliphatic heterocycles. The predicted molar refractivity (Wildman–Crippen MR) is 155 cm³/mol. The molecule has 0 amide bonds. The summed E-state index contributed by atoms with van der Waals surface area (Å²) in [6.07, 6.45) is 1.79. The molecule has 0 saturated carbocycles. The number of anilines is 1. The highest BCUT2D eigenvalue weighted by Crippen LogP contribution is 2.39. The third-order valence-electron chi connectivity index (χ3n) is 6.51. The highest BCUT2D eigenvalue weighted by atomic mass is 127. The Morgan fingerprint density at radius 3 is 2.85 bits per heavy atom. The van der Waals surface area contributed by atoms with Crippen LogP contribution in [0.2, 0.25) is 0 Å². The van der Waals surface area contributed by atoms with Crippen LogP contribution >= 0.6 is 30.1 Å². The Labute approximate surface area is 239 Å². The molecule has 1 fully saturated rings. The maximum Gasteiger partial charge on any atom is 0.318 e. The number of aromatic nitrogens is 3. The molecule has 2 N–H and O–H groups in total. The molecule has 0 spiro atoms. The average molecular weight is 664 g/mol. The molecule has 3 heterocycles. The van der Waals surface area contributed by atoms with Crippen molar-refractivity contribution in [2.24, 2.45) is 0 Å². The van der Waals surface area contributed by atoms with Gasteiger partial charge in [-0.3, -0.25) is 4.98 Å². The third kappa shape index (κ3) is 5.28. The Morgan fingerprint density at radius 1 is 1.28 bits per heavy atom.